The lowest BCUT2D eigenvalue weighted by Gasteiger charge is -2.07. The van der Waals surface area contributed by atoms with Crippen molar-refractivity contribution in [2.45, 2.75) is 0 Å². The number of hydrogen-bond donors (Lipinski definition) is 2. The predicted molar refractivity (Wildman–Crippen MR) is 86.1 cm³/mol. The Kier molecular flexibility index (Phi) is 3.94. The fraction of sp³-hybridized carbons (Fsp3) is 0. The molecule has 0 fully saturated rings. The van der Waals surface area contributed by atoms with Crippen molar-refractivity contribution in [2.75, 3.05) is 0 Å². The Morgan fingerprint density at radius 2 is 1.77 bits per heavy atom. The third-order valence-electron chi connectivity index (χ3n) is 3.34. The van der Waals surface area contributed by atoms with Crippen LogP contribution in [0.1, 0.15) is 5.56 Å². The van der Waals surface area contributed by atoms with Crippen LogP contribution in [0.3, 0.4) is 0 Å². The lowest BCUT2D eigenvalue weighted by Crippen LogP contribution is -2.14. The fourth-order valence-corrected chi connectivity index (χ4v) is 2.30. The highest BCUT2D eigenvalue weighted by Crippen LogP contribution is 2.25. The number of aromatic nitrogens is 1. The Labute approximate surface area is 127 Å². The smallest absolute Gasteiger partial charge is 0.267 e. The van der Waals surface area contributed by atoms with Crippen LogP contribution in [0.25, 0.3) is 28.2 Å². The molecule has 0 spiro atoms. The fourth-order valence-electron chi connectivity index (χ4n) is 2.30. The number of pyridine rings is 1. The molecule has 2 aromatic carbocycles. The molecule has 0 atom stereocenters. The number of carbonyl (C=O) groups excluding carboxylic acids is 1. The van der Waals surface area contributed by atoms with E-state index in [-0.39, 0.29) is 0 Å². The number of nitrogens with zero attached hydrogens (tertiary/aromatic N) is 1. The van der Waals surface area contributed by atoms with E-state index in [2.05, 4.69) is 4.98 Å². The molecule has 0 unspecified atom stereocenters. The average Bonchev–Trinajstić information content (AvgIpc) is 2.59. The number of carbonyl (C=O) groups is 1. The molecule has 3 rings (SSSR count). The molecule has 0 saturated carbocycles. The normalized spacial score (nSPS) is 11.0. The van der Waals surface area contributed by atoms with E-state index in [0.717, 1.165) is 27.7 Å². The minimum Gasteiger partial charge on any atom is -0.288 e. The van der Waals surface area contributed by atoms with Crippen LogP contribution >= 0.6 is 0 Å². The summed E-state index contributed by atoms with van der Waals surface area (Å²) < 4.78 is 0. The maximum absolute atomic E-state index is 11.2. The van der Waals surface area contributed by atoms with E-state index in [0.29, 0.717) is 0 Å². The Bertz CT molecular complexity index is 842. The van der Waals surface area contributed by atoms with Crippen molar-refractivity contribution in [3.05, 3.63) is 72.3 Å². The lowest BCUT2D eigenvalue weighted by molar-refractivity contribution is -0.124. The Morgan fingerprint density at radius 3 is 2.55 bits per heavy atom. The molecule has 0 aliphatic rings. The largest absolute Gasteiger partial charge is 0.288 e. The summed E-state index contributed by atoms with van der Waals surface area (Å²) in [5, 5.41) is 9.54. The minimum absolute atomic E-state index is 0.567. The highest BCUT2D eigenvalue weighted by atomic mass is 16.5. The van der Waals surface area contributed by atoms with Gasteiger partial charge in [-0.15, -0.1) is 0 Å². The SMILES string of the molecule is O=C(C=Cc1cc(-c2ccccc2)nc2ccccc12)NO. The van der Waals surface area contributed by atoms with Crippen molar-refractivity contribution < 1.29 is 10.0 Å². The Morgan fingerprint density at radius 1 is 1.05 bits per heavy atom. The van der Waals surface area contributed by atoms with Gasteiger partial charge in [-0.3, -0.25) is 10.0 Å². The van der Waals surface area contributed by atoms with Crippen LogP contribution in [0.4, 0.5) is 0 Å². The number of hydrogen-bond acceptors (Lipinski definition) is 3. The Hall–Kier alpha value is -2.98. The van der Waals surface area contributed by atoms with E-state index in [1.807, 2.05) is 60.7 Å². The summed E-state index contributed by atoms with van der Waals surface area (Å²) in [5.74, 6) is -0.567. The van der Waals surface area contributed by atoms with Crippen LogP contribution in [0.2, 0.25) is 0 Å². The zero-order valence-electron chi connectivity index (χ0n) is 11.7. The molecule has 4 heteroatoms. The second kappa shape index (κ2) is 6.20. The molecular formula is C18H14N2O2. The summed E-state index contributed by atoms with van der Waals surface area (Å²) in [5.41, 5.74) is 5.16. The number of fused-ring (bicyclic) bond motifs is 1. The van der Waals surface area contributed by atoms with E-state index in [9.17, 15) is 4.79 Å². The monoisotopic (exact) mass is 290 g/mol. The third kappa shape index (κ3) is 2.87. The second-order valence-electron chi connectivity index (χ2n) is 4.79. The van der Waals surface area contributed by atoms with Gasteiger partial charge in [0.2, 0.25) is 0 Å². The van der Waals surface area contributed by atoms with Crippen LogP contribution in [0.15, 0.2) is 66.7 Å². The first kappa shape index (κ1) is 14.0. The highest BCUT2D eigenvalue weighted by molar-refractivity contribution is 5.96. The molecule has 0 bridgehead atoms. The molecule has 4 nitrogen and oxygen atoms in total. The summed E-state index contributed by atoms with van der Waals surface area (Å²) >= 11 is 0. The second-order valence-corrected chi connectivity index (χ2v) is 4.79. The van der Waals surface area contributed by atoms with Gasteiger partial charge >= 0.3 is 0 Å². The summed E-state index contributed by atoms with van der Waals surface area (Å²) in [7, 11) is 0. The van der Waals surface area contributed by atoms with Crippen LogP contribution in [-0.2, 0) is 4.79 Å². The summed E-state index contributed by atoms with van der Waals surface area (Å²) in [6.07, 6.45) is 2.96. The van der Waals surface area contributed by atoms with Crippen molar-refractivity contribution in [3.8, 4) is 11.3 Å². The summed E-state index contributed by atoms with van der Waals surface area (Å²) in [6, 6.07) is 19.5. The van der Waals surface area contributed by atoms with Crippen molar-refractivity contribution in [1.29, 1.82) is 0 Å². The molecule has 22 heavy (non-hydrogen) atoms. The first-order chi connectivity index (χ1) is 10.8. The van der Waals surface area contributed by atoms with Gasteiger partial charge in [0, 0.05) is 17.0 Å². The van der Waals surface area contributed by atoms with Crippen LogP contribution in [0.5, 0.6) is 0 Å². The van der Waals surface area contributed by atoms with Gasteiger partial charge in [0.05, 0.1) is 11.2 Å². The van der Waals surface area contributed by atoms with Gasteiger partial charge < -0.3 is 0 Å². The number of hydroxylamine groups is 1. The maximum atomic E-state index is 11.2. The molecule has 3 aromatic rings. The molecule has 1 heterocycles. The molecule has 1 amide bonds. The number of para-hydroxylation sites is 1. The molecule has 0 saturated heterocycles. The number of amides is 1. The van der Waals surface area contributed by atoms with Crippen LogP contribution < -0.4 is 5.48 Å². The van der Waals surface area contributed by atoms with Gasteiger partial charge in [0.1, 0.15) is 0 Å². The highest BCUT2D eigenvalue weighted by Gasteiger charge is 2.05. The van der Waals surface area contributed by atoms with E-state index in [1.165, 1.54) is 6.08 Å². The quantitative estimate of drug-likeness (QED) is 0.441. The molecule has 108 valence electrons. The third-order valence-corrected chi connectivity index (χ3v) is 3.34. The number of rotatable bonds is 3. The topological polar surface area (TPSA) is 62.2 Å². The maximum Gasteiger partial charge on any atom is 0.267 e. The van der Waals surface area contributed by atoms with E-state index in [1.54, 1.807) is 11.6 Å². The Balaban J connectivity index is 2.16. The van der Waals surface area contributed by atoms with Crippen molar-refractivity contribution in [1.82, 2.24) is 10.5 Å². The lowest BCUT2D eigenvalue weighted by atomic mass is 10.0. The van der Waals surface area contributed by atoms with Gasteiger partial charge in [-0.05, 0) is 23.8 Å². The van der Waals surface area contributed by atoms with E-state index < -0.39 is 5.91 Å². The number of benzene rings is 2. The van der Waals surface area contributed by atoms with Crippen molar-refractivity contribution in [3.63, 3.8) is 0 Å². The van der Waals surface area contributed by atoms with E-state index in [4.69, 9.17) is 5.21 Å². The molecule has 0 aliphatic carbocycles. The van der Waals surface area contributed by atoms with Gasteiger partial charge in [0.25, 0.3) is 5.91 Å². The van der Waals surface area contributed by atoms with Gasteiger partial charge in [0.15, 0.2) is 0 Å². The molecule has 2 N–H and O–H groups in total. The number of nitrogens with one attached hydrogen (secondary N) is 1. The minimum atomic E-state index is -0.567. The first-order valence-corrected chi connectivity index (χ1v) is 6.85. The van der Waals surface area contributed by atoms with Crippen molar-refractivity contribution in [2.24, 2.45) is 0 Å². The van der Waals surface area contributed by atoms with Crippen LogP contribution in [0, 0.1) is 0 Å². The van der Waals surface area contributed by atoms with Crippen molar-refractivity contribution >= 4 is 22.9 Å². The zero-order valence-corrected chi connectivity index (χ0v) is 11.7. The molecular weight excluding hydrogens is 276 g/mol. The molecule has 1 aromatic heterocycles. The summed E-state index contributed by atoms with van der Waals surface area (Å²) in [6.45, 7) is 0. The van der Waals surface area contributed by atoms with Gasteiger partial charge in [-0.25, -0.2) is 10.5 Å². The summed E-state index contributed by atoms with van der Waals surface area (Å²) in [4.78, 5) is 15.9. The zero-order chi connectivity index (χ0) is 15.4. The predicted octanol–water partition coefficient (Wildman–Crippen LogP) is 3.42. The average molecular weight is 290 g/mol. The molecule has 0 aliphatic heterocycles. The van der Waals surface area contributed by atoms with E-state index >= 15 is 0 Å². The van der Waals surface area contributed by atoms with Gasteiger partial charge in [-0.1, -0.05) is 48.5 Å². The molecule has 0 radical (unpaired) electrons. The van der Waals surface area contributed by atoms with Crippen LogP contribution in [-0.4, -0.2) is 16.1 Å². The van der Waals surface area contributed by atoms with Gasteiger partial charge in [-0.2, -0.15) is 0 Å². The first-order valence-electron chi connectivity index (χ1n) is 6.85. The standard InChI is InChI=1S/C18H14N2O2/c21-18(20-22)11-10-14-12-17(13-6-2-1-3-7-13)19-16-9-5-4-8-15(14)16/h1-12,22H,(H,20,21).